The highest BCUT2D eigenvalue weighted by Crippen LogP contribution is 2.28. The van der Waals surface area contributed by atoms with E-state index in [0.717, 1.165) is 0 Å². The highest BCUT2D eigenvalue weighted by atomic mass is 16.4. The van der Waals surface area contributed by atoms with Crippen LogP contribution in [0.3, 0.4) is 0 Å². The van der Waals surface area contributed by atoms with E-state index in [-0.39, 0.29) is 17.1 Å². The van der Waals surface area contributed by atoms with E-state index in [1.54, 1.807) is 6.07 Å². The van der Waals surface area contributed by atoms with Crippen molar-refractivity contribution in [1.82, 2.24) is 9.97 Å². The summed E-state index contributed by atoms with van der Waals surface area (Å²) >= 11 is 0. The normalized spacial score (nSPS) is 13.9. The lowest BCUT2D eigenvalue weighted by Crippen LogP contribution is -2.20. The summed E-state index contributed by atoms with van der Waals surface area (Å²) < 4.78 is 0. The Morgan fingerprint density at radius 3 is 2.00 bits per heavy atom. The van der Waals surface area contributed by atoms with Gasteiger partial charge in [-0.05, 0) is 29.7 Å². The van der Waals surface area contributed by atoms with Gasteiger partial charge in [-0.3, -0.25) is 0 Å². The van der Waals surface area contributed by atoms with Gasteiger partial charge in [0.15, 0.2) is 0 Å². The Bertz CT molecular complexity index is 945. The number of carbonyl (C=O) groups is 1. The summed E-state index contributed by atoms with van der Waals surface area (Å²) in [5.74, 6) is -1.10. The van der Waals surface area contributed by atoms with Crippen LogP contribution < -0.4 is 5.11 Å². The molecule has 0 fully saturated rings. The van der Waals surface area contributed by atoms with E-state index in [9.17, 15) is 20.1 Å². The number of hydrogen-bond acceptors (Lipinski definition) is 5. The fraction of sp³-hybridized carbons (Fsp3) is 0.381. The van der Waals surface area contributed by atoms with Gasteiger partial charge in [-0.2, -0.15) is 0 Å². The first-order valence-electron chi connectivity index (χ1n) is 8.64. The number of aliphatic hydroxyl groups excluding tert-OH is 1. The van der Waals surface area contributed by atoms with E-state index in [1.165, 1.54) is 24.3 Å². The van der Waals surface area contributed by atoms with Crippen LogP contribution in [0.2, 0.25) is 0 Å². The molecule has 2 N–H and O–H groups in total. The molecule has 0 aliphatic heterocycles. The van der Waals surface area contributed by atoms with Crippen LogP contribution in [0.15, 0.2) is 29.7 Å². The summed E-state index contributed by atoms with van der Waals surface area (Å²) in [5, 5.41) is 32.0. The molecule has 1 aromatic heterocycles. The first-order chi connectivity index (χ1) is 12.3. The lowest BCUT2D eigenvalue weighted by atomic mass is 9.92. The van der Waals surface area contributed by atoms with Crippen LogP contribution in [0.25, 0.3) is 23.2 Å². The molecular weight excluding hydrogens is 344 g/mol. The molecule has 6 heteroatoms. The molecule has 0 amide bonds. The Morgan fingerprint density at radius 1 is 0.926 bits per heavy atom. The second-order valence-electron chi connectivity index (χ2n) is 8.54. The first-order valence-corrected chi connectivity index (χ1v) is 8.64. The van der Waals surface area contributed by atoms with Crippen molar-refractivity contribution < 1.29 is 20.1 Å². The molecule has 0 unspecified atom stereocenters. The van der Waals surface area contributed by atoms with Crippen molar-refractivity contribution in [3.8, 4) is 0 Å². The molecule has 144 valence electrons. The minimum atomic E-state index is -1.06. The predicted molar refractivity (Wildman–Crippen MR) is 104 cm³/mol. The molecule has 0 atom stereocenters. The van der Waals surface area contributed by atoms with Crippen LogP contribution in [0, 0.1) is 10.8 Å². The van der Waals surface area contributed by atoms with Crippen LogP contribution in [0.5, 0.6) is 0 Å². The van der Waals surface area contributed by atoms with E-state index in [4.69, 9.17) is 0 Å². The molecule has 1 heterocycles. The van der Waals surface area contributed by atoms with Crippen molar-refractivity contribution in [2.75, 3.05) is 0 Å². The summed E-state index contributed by atoms with van der Waals surface area (Å²) in [7, 11) is 0. The summed E-state index contributed by atoms with van der Waals surface area (Å²) in [6.45, 7) is 11.0. The highest BCUT2D eigenvalue weighted by molar-refractivity contribution is 5.92. The van der Waals surface area contributed by atoms with Crippen LogP contribution in [-0.4, -0.2) is 26.2 Å². The van der Waals surface area contributed by atoms with E-state index < -0.39 is 16.8 Å². The van der Waals surface area contributed by atoms with Gasteiger partial charge in [0.2, 0.25) is 0 Å². The van der Waals surface area contributed by atoms with Gasteiger partial charge >= 0.3 is 5.97 Å². The number of aromatic carboxylic acids is 1. The van der Waals surface area contributed by atoms with Gasteiger partial charge in [0, 0.05) is 11.5 Å². The number of fused-ring (bicyclic) bond motifs is 1. The topological polar surface area (TPSA) is 106 Å². The Balaban J connectivity index is 2.76. The van der Waals surface area contributed by atoms with Gasteiger partial charge in [0.05, 0.1) is 33.7 Å². The minimum Gasteiger partial charge on any atom is -0.875 e. The highest BCUT2D eigenvalue weighted by Gasteiger charge is 2.18. The third-order valence-corrected chi connectivity index (χ3v) is 4.02. The molecular formula is C21H25N2O4-. The van der Waals surface area contributed by atoms with Gasteiger partial charge in [0.1, 0.15) is 0 Å². The summed E-state index contributed by atoms with van der Waals surface area (Å²) in [4.78, 5) is 20.1. The third kappa shape index (κ3) is 4.84. The minimum absolute atomic E-state index is 0.0865. The number of carboxylic acid groups (broad SMARTS) is 1. The molecule has 0 spiro atoms. The van der Waals surface area contributed by atoms with Crippen LogP contribution in [0.1, 0.15) is 63.3 Å². The molecule has 0 aliphatic rings. The summed E-state index contributed by atoms with van der Waals surface area (Å²) in [6.07, 6.45) is 2.89. The molecule has 0 bridgehead atoms. The standard InChI is InChI=1S/C21H26N2O4/c1-20(2,3)17(24)10-15-16(11-18(25)21(4,5)6)23-14-9-12(19(26)27)7-8-13(14)22-15/h7-11,24-25H,1-6H3,(H,26,27)/p-1/b17-10-,18-11-. The van der Waals surface area contributed by atoms with Gasteiger partial charge in [0.25, 0.3) is 0 Å². The zero-order chi connectivity index (χ0) is 20.6. The summed E-state index contributed by atoms with van der Waals surface area (Å²) in [6, 6.07) is 4.42. The first kappa shape index (κ1) is 20.4. The largest absolute Gasteiger partial charge is 0.875 e. The lowest BCUT2D eigenvalue weighted by molar-refractivity contribution is -0.320. The van der Waals surface area contributed by atoms with Gasteiger partial charge < -0.3 is 15.3 Å². The maximum Gasteiger partial charge on any atom is 0.335 e. The van der Waals surface area contributed by atoms with Crippen molar-refractivity contribution >= 4 is 29.2 Å². The van der Waals surface area contributed by atoms with Crippen molar-refractivity contribution in [3.63, 3.8) is 0 Å². The van der Waals surface area contributed by atoms with Crippen molar-refractivity contribution in [2.45, 2.75) is 41.5 Å². The van der Waals surface area contributed by atoms with Gasteiger partial charge in [-0.15, -0.1) is 5.76 Å². The number of aliphatic hydroxyl groups is 1. The molecule has 0 saturated carbocycles. The van der Waals surface area contributed by atoms with Crippen molar-refractivity contribution in [3.05, 3.63) is 46.7 Å². The van der Waals surface area contributed by atoms with Crippen molar-refractivity contribution in [1.29, 1.82) is 0 Å². The fourth-order valence-corrected chi connectivity index (χ4v) is 2.11. The quantitative estimate of drug-likeness (QED) is 0.792. The maximum absolute atomic E-state index is 12.5. The molecule has 0 radical (unpaired) electrons. The molecule has 2 rings (SSSR count). The number of carboxylic acids is 1. The smallest absolute Gasteiger partial charge is 0.335 e. The Kier molecular flexibility index (Phi) is 5.31. The molecule has 0 aliphatic carbocycles. The van der Waals surface area contributed by atoms with Crippen LogP contribution >= 0.6 is 0 Å². The van der Waals surface area contributed by atoms with E-state index in [0.29, 0.717) is 22.4 Å². The van der Waals surface area contributed by atoms with Crippen LogP contribution in [0.4, 0.5) is 0 Å². The molecule has 1 aromatic carbocycles. The summed E-state index contributed by atoms with van der Waals surface area (Å²) in [5.41, 5.74) is 0.496. The number of aromatic nitrogens is 2. The SMILES string of the molecule is CC(C)(C)/C([O-])=C/c1nc2ccc(C(=O)O)cc2nc1/C=C(\O)C(C)(C)C. The zero-order valence-electron chi connectivity index (χ0n) is 16.5. The number of allylic oxidation sites excluding steroid dienone is 2. The molecule has 0 saturated heterocycles. The molecule has 27 heavy (non-hydrogen) atoms. The second-order valence-corrected chi connectivity index (χ2v) is 8.54. The fourth-order valence-electron chi connectivity index (χ4n) is 2.11. The van der Waals surface area contributed by atoms with Crippen molar-refractivity contribution in [2.24, 2.45) is 10.8 Å². The third-order valence-electron chi connectivity index (χ3n) is 4.02. The van der Waals surface area contributed by atoms with E-state index >= 15 is 0 Å². The number of nitrogens with zero attached hydrogens (tertiary/aromatic N) is 2. The second kappa shape index (κ2) is 7.02. The van der Waals surface area contributed by atoms with E-state index in [1.807, 2.05) is 41.5 Å². The number of rotatable bonds is 3. The van der Waals surface area contributed by atoms with Gasteiger partial charge in [-0.25, -0.2) is 14.8 Å². The Morgan fingerprint density at radius 2 is 1.48 bits per heavy atom. The lowest BCUT2D eigenvalue weighted by Gasteiger charge is -2.28. The Hall–Kier alpha value is -2.89. The molecule has 2 aromatic rings. The average molecular weight is 369 g/mol. The van der Waals surface area contributed by atoms with Crippen LogP contribution in [-0.2, 0) is 0 Å². The maximum atomic E-state index is 12.5. The zero-order valence-corrected chi connectivity index (χ0v) is 16.5. The predicted octanol–water partition coefficient (Wildman–Crippen LogP) is 4.02. The van der Waals surface area contributed by atoms with E-state index in [2.05, 4.69) is 9.97 Å². The monoisotopic (exact) mass is 369 g/mol. The number of hydrogen-bond donors (Lipinski definition) is 2. The molecule has 6 nitrogen and oxygen atoms in total. The van der Waals surface area contributed by atoms with Gasteiger partial charge in [-0.1, -0.05) is 41.5 Å². The number of benzene rings is 1. The Labute approximate surface area is 158 Å². The average Bonchev–Trinajstić information content (AvgIpc) is 2.52.